The van der Waals surface area contributed by atoms with Gasteiger partial charge < -0.3 is 40.2 Å². The number of rotatable bonds is 5. The zero-order valence-corrected chi connectivity index (χ0v) is 6.73. The molecule has 0 aliphatic rings. The molecule has 14 heavy (non-hydrogen) atoms. The van der Waals surface area contributed by atoms with Gasteiger partial charge in [0.25, 0.3) is 0 Å². The molecule has 8 nitrogen and oxygen atoms in total. The minimum absolute atomic E-state index is 2.11. The van der Waals surface area contributed by atoms with Crippen LogP contribution in [0.3, 0.4) is 0 Å². The molecule has 82 valence electrons. The predicted molar refractivity (Wildman–Crippen MR) is 34.0 cm³/mol. The lowest BCUT2D eigenvalue weighted by atomic mass is 10.0. The topological polar surface area (TPSA) is 161 Å². The fourth-order valence-electron chi connectivity index (χ4n) is 0.652. The van der Waals surface area contributed by atoms with Crippen LogP contribution in [0.1, 0.15) is 0 Å². The van der Waals surface area contributed by atoms with E-state index < -0.39 is 36.4 Å². The van der Waals surface area contributed by atoms with Crippen molar-refractivity contribution >= 4 is 11.9 Å². The van der Waals surface area contributed by atoms with Crippen molar-refractivity contribution in [2.24, 2.45) is 0 Å². The van der Waals surface area contributed by atoms with Crippen molar-refractivity contribution in [2.45, 2.75) is 24.4 Å². The van der Waals surface area contributed by atoms with E-state index in [2.05, 4.69) is 0 Å². The predicted octanol–water partition coefficient (Wildman–Crippen LogP) is -6.07. The van der Waals surface area contributed by atoms with E-state index >= 15 is 0 Å². The number of carboxylic acid groups (broad SMARTS) is 2. The molecule has 4 atom stereocenters. The van der Waals surface area contributed by atoms with Gasteiger partial charge in [0.1, 0.15) is 24.4 Å². The number of carbonyl (C=O) groups excluding carboxylic acids is 2. The van der Waals surface area contributed by atoms with Crippen molar-refractivity contribution in [2.75, 3.05) is 0 Å². The highest BCUT2D eigenvalue weighted by Crippen LogP contribution is 2.04. The molecular formula is C6H8O8-2. The third kappa shape index (κ3) is 2.92. The van der Waals surface area contributed by atoms with Crippen molar-refractivity contribution < 1.29 is 40.2 Å². The summed E-state index contributed by atoms with van der Waals surface area (Å²) in [5.41, 5.74) is 0. The average Bonchev–Trinajstić information content (AvgIpc) is 2.12. The molecule has 0 saturated heterocycles. The van der Waals surface area contributed by atoms with Crippen molar-refractivity contribution in [3.8, 4) is 0 Å². The summed E-state index contributed by atoms with van der Waals surface area (Å²) in [5, 5.41) is 54.7. The third-order valence-electron chi connectivity index (χ3n) is 1.48. The van der Waals surface area contributed by atoms with E-state index in [4.69, 9.17) is 20.4 Å². The molecule has 0 spiro atoms. The van der Waals surface area contributed by atoms with Crippen LogP contribution in [-0.4, -0.2) is 56.8 Å². The molecule has 0 aliphatic carbocycles. The highest BCUT2D eigenvalue weighted by Gasteiger charge is 2.31. The molecule has 0 rings (SSSR count). The summed E-state index contributed by atoms with van der Waals surface area (Å²) in [6.45, 7) is 0. The van der Waals surface area contributed by atoms with Gasteiger partial charge in [0.2, 0.25) is 0 Å². The Balaban J connectivity index is 4.45. The molecule has 0 radical (unpaired) electrons. The van der Waals surface area contributed by atoms with E-state index in [1.165, 1.54) is 0 Å². The second-order valence-corrected chi connectivity index (χ2v) is 2.51. The molecule has 0 heterocycles. The summed E-state index contributed by atoms with van der Waals surface area (Å²) in [6, 6.07) is 0. The summed E-state index contributed by atoms with van der Waals surface area (Å²) in [4.78, 5) is 19.9. The Morgan fingerprint density at radius 1 is 0.786 bits per heavy atom. The standard InChI is InChI=1S/C6H10O8/c7-1(3(9)5(11)12)2(8)4(10)6(13)14/h1-4,7-10H,(H,11,12)(H,13,14)/p-2/t1-,2-,3-,4+/m0/s1. The van der Waals surface area contributed by atoms with Gasteiger partial charge in [0.15, 0.2) is 0 Å². The molecule has 0 fully saturated rings. The molecule has 4 N–H and O–H groups in total. The highest BCUT2D eigenvalue weighted by atomic mass is 16.4. The molecule has 0 aliphatic heterocycles. The summed E-state index contributed by atoms with van der Waals surface area (Å²) in [5.74, 6) is -4.22. The lowest BCUT2D eigenvalue weighted by molar-refractivity contribution is -0.327. The third-order valence-corrected chi connectivity index (χ3v) is 1.48. The van der Waals surface area contributed by atoms with Crippen molar-refractivity contribution in [3.63, 3.8) is 0 Å². The van der Waals surface area contributed by atoms with E-state index in [0.29, 0.717) is 0 Å². The van der Waals surface area contributed by atoms with Gasteiger partial charge in [-0.1, -0.05) is 0 Å². The fraction of sp³-hybridized carbons (Fsp3) is 0.667. The average molecular weight is 208 g/mol. The van der Waals surface area contributed by atoms with Gasteiger partial charge >= 0.3 is 0 Å². The number of aliphatic hydroxyl groups is 4. The zero-order valence-electron chi connectivity index (χ0n) is 6.73. The van der Waals surface area contributed by atoms with E-state index in [0.717, 1.165) is 0 Å². The van der Waals surface area contributed by atoms with E-state index in [1.807, 2.05) is 0 Å². The van der Waals surface area contributed by atoms with Gasteiger partial charge in [0, 0.05) is 0 Å². The van der Waals surface area contributed by atoms with Crippen molar-refractivity contribution in [1.82, 2.24) is 0 Å². The van der Waals surface area contributed by atoms with E-state index in [1.54, 1.807) is 0 Å². The molecule has 0 aromatic rings. The van der Waals surface area contributed by atoms with Gasteiger partial charge in [-0.2, -0.15) is 0 Å². The summed E-state index contributed by atoms with van der Waals surface area (Å²) in [7, 11) is 0. The number of hydrogen-bond acceptors (Lipinski definition) is 8. The van der Waals surface area contributed by atoms with Gasteiger partial charge in [-0.3, -0.25) is 0 Å². The SMILES string of the molecule is O=C([O-])[C@@H](O)[C@@H](O)[C@H](O)[C@@H](O)C(=O)[O-]. The first-order chi connectivity index (χ1) is 6.29. The minimum Gasteiger partial charge on any atom is -0.547 e. The number of hydrogen-bond donors (Lipinski definition) is 4. The highest BCUT2D eigenvalue weighted by molar-refractivity contribution is 5.72. The molecule has 0 bridgehead atoms. The second-order valence-electron chi connectivity index (χ2n) is 2.51. The van der Waals surface area contributed by atoms with Gasteiger partial charge in [0.05, 0.1) is 11.9 Å². The second kappa shape index (κ2) is 4.86. The Morgan fingerprint density at radius 3 is 1.14 bits per heavy atom. The summed E-state index contributed by atoms with van der Waals surface area (Å²) >= 11 is 0. The first kappa shape index (κ1) is 12.8. The van der Waals surface area contributed by atoms with E-state index in [9.17, 15) is 19.8 Å². The summed E-state index contributed by atoms with van der Waals surface area (Å²) < 4.78 is 0. The first-order valence-corrected chi connectivity index (χ1v) is 3.43. The Hall–Kier alpha value is -1.22. The molecule has 0 aromatic carbocycles. The van der Waals surface area contributed by atoms with Crippen molar-refractivity contribution in [1.29, 1.82) is 0 Å². The van der Waals surface area contributed by atoms with Crippen LogP contribution in [0.25, 0.3) is 0 Å². The van der Waals surface area contributed by atoms with Crippen LogP contribution in [0.15, 0.2) is 0 Å². The van der Waals surface area contributed by atoms with Gasteiger partial charge in [-0.15, -0.1) is 0 Å². The molecule has 0 aromatic heterocycles. The number of carboxylic acids is 2. The Bertz CT molecular complexity index is 202. The molecule has 0 unspecified atom stereocenters. The van der Waals surface area contributed by atoms with Gasteiger partial charge in [-0.05, 0) is 0 Å². The maximum atomic E-state index is 9.96. The maximum absolute atomic E-state index is 9.96. The van der Waals surface area contributed by atoms with Crippen LogP contribution in [0.5, 0.6) is 0 Å². The summed E-state index contributed by atoms with van der Waals surface area (Å²) in [6.07, 6.45) is -9.76. The Labute approximate surface area is 77.7 Å². The van der Waals surface area contributed by atoms with Crippen LogP contribution >= 0.6 is 0 Å². The quantitative estimate of drug-likeness (QED) is 0.347. The fourth-order valence-corrected chi connectivity index (χ4v) is 0.652. The van der Waals surface area contributed by atoms with Crippen LogP contribution < -0.4 is 10.2 Å². The maximum Gasteiger partial charge on any atom is 0.122 e. The van der Waals surface area contributed by atoms with Gasteiger partial charge in [-0.25, -0.2) is 0 Å². The van der Waals surface area contributed by atoms with Crippen LogP contribution in [0.4, 0.5) is 0 Å². The Morgan fingerprint density at radius 2 is 1.00 bits per heavy atom. The van der Waals surface area contributed by atoms with Crippen LogP contribution in [0.2, 0.25) is 0 Å². The van der Waals surface area contributed by atoms with E-state index in [-0.39, 0.29) is 0 Å². The molecule has 0 amide bonds. The zero-order chi connectivity index (χ0) is 11.5. The number of carbonyl (C=O) groups is 2. The van der Waals surface area contributed by atoms with Crippen molar-refractivity contribution in [3.05, 3.63) is 0 Å². The normalized spacial score (nSPS) is 19.4. The Kier molecular flexibility index (Phi) is 4.44. The molecule has 0 saturated carbocycles. The lowest BCUT2D eigenvalue weighted by Crippen LogP contribution is -2.55. The smallest absolute Gasteiger partial charge is 0.122 e. The minimum atomic E-state index is -2.50. The largest absolute Gasteiger partial charge is 0.547 e. The first-order valence-electron chi connectivity index (χ1n) is 3.43. The molecule has 8 heteroatoms. The number of aliphatic hydroxyl groups excluding tert-OH is 4. The van der Waals surface area contributed by atoms with Crippen LogP contribution in [0, 0.1) is 0 Å². The molecular weight excluding hydrogens is 200 g/mol. The van der Waals surface area contributed by atoms with Crippen LogP contribution in [-0.2, 0) is 9.59 Å². The number of aliphatic carboxylic acids is 2. The monoisotopic (exact) mass is 208 g/mol. The lowest BCUT2D eigenvalue weighted by Gasteiger charge is -2.27.